The predicted octanol–water partition coefficient (Wildman–Crippen LogP) is 4.48. The molecule has 0 saturated heterocycles. The average Bonchev–Trinajstić information content (AvgIpc) is 2.82. The van der Waals surface area contributed by atoms with Gasteiger partial charge in [0.1, 0.15) is 5.75 Å². The van der Waals surface area contributed by atoms with Crippen LogP contribution in [0.25, 0.3) is 10.8 Å². The lowest BCUT2D eigenvalue weighted by Crippen LogP contribution is -2.22. The minimum absolute atomic E-state index is 0.0529. The molecule has 32 heavy (non-hydrogen) atoms. The Morgan fingerprint density at radius 3 is 2.44 bits per heavy atom. The lowest BCUT2D eigenvalue weighted by Gasteiger charge is -2.14. The summed E-state index contributed by atoms with van der Waals surface area (Å²) in [5, 5.41) is 35.1. The van der Waals surface area contributed by atoms with Gasteiger partial charge in [0.25, 0.3) is 0 Å². The zero-order valence-electron chi connectivity index (χ0n) is 18.7. The molecule has 0 aliphatic rings. The van der Waals surface area contributed by atoms with Crippen molar-refractivity contribution in [3.05, 3.63) is 77.4 Å². The van der Waals surface area contributed by atoms with E-state index in [1.165, 1.54) is 22.4 Å². The fraction of sp³-hybridized carbons (Fsp3) is 0.407. The van der Waals surface area contributed by atoms with Crippen LogP contribution in [0.1, 0.15) is 48.5 Å². The largest absolute Gasteiger partial charge is 0.508 e. The molecule has 3 aromatic rings. The van der Waals surface area contributed by atoms with Crippen LogP contribution >= 0.6 is 0 Å². The van der Waals surface area contributed by atoms with Crippen molar-refractivity contribution in [2.45, 2.75) is 44.8 Å². The molecule has 0 fully saturated rings. The maximum Gasteiger partial charge on any atom is 0.121 e. The number of aromatic hydroxyl groups is 1. The van der Waals surface area contributed by atoms with Gasteiger partial charge in [0.2, 0.25) is 0 Å². The molecule has 3 rings (SSSR count). The Morgan fingerprint density at radius 2 is 1.59 bits per heavy atom. The molecule has 172 valence electrons. The molecular weight excluding hydrogens is 402 g/mol. The maximum atomic E-state index is 10.3. The standard InChI is InChI=1S/C27H35NO4/c29-20-22-10-12-26(30)25(18-22)27(31)19-28-14-5-1-2-6-15-32-16-13-21-9-11-23-7-3-4-8-24(23)17-21/h3-4,7-12,17-18,27-31H,1-2,5-6,13-16,19-20H2. The first-order valence-electron chi connectivity index (χ1n) is 11.5. The molecule has 0 spiro atoms. The van der Waals surface area contributed by atoms with Crippen molar-refractivity contribution in [2.24, 2.45) is 0 Å². The first kappa shape index (κ1) is 24.2. The highest BCUT2D eigenvalue weighted by Crippen LogP contribution is 2.25. The van der Waals surface area contributed by atoms with Crippen LogP contribution in [0.3, 0.4) is 0 Å². The Morgan fingerprint density at radius 1 is 0.812 bits per heavy atom. The Kier molecular flexibility index (Phi) is 9.98. The second kappa shape index (κ2) is 13.2. The van der Waals surface area contributed by atoms with Gasteiger partial charge >= 0.3 is 0 Å². The molecule has 5 nitrogen and oxygen atoms in total. The quantitative estimate of drug-likeness (QED) is 0.280. The number of hydrogen-bond acceptors (Lipinski definition) is 5. The van der Waals surface area contributed by atoms with Gasteiger partial charge in [0.05, 0.1) is 19.3 Å². The van der Waals surface area contributed by atoms with Crippen LogP contribution in [-0.4, -0.2) is 41.6 Å². The van der Waals surface area contributed by atoms with Crippen LogP contribution in [0.15, 0.2) is 60.7 Å². The Hall–Kier alpha value is -2.44. The predicted molar refractivity (Wildman–Crippen MR) is 129 cm³/mol. The SMILES string of the molecule is OCc1ccc(O)c(C(O)CNCCCCCCOCCc2ccc3ccccc3c2)c1. The summed E-state index contributed by atoms with van der Waals surface area (Å²) in [6, 6.07) is 19.8. The molecule has 0 amide bonds. The van der Waals surface area contributed by atoms with Gasteiger partial charge in [-0.25, -0.2) is 0 Å². The van der Waals surface area contributed by atoms with Crippen molar-refractivity contribution < 1.29 is 20.1 Å². The van der Waals surface area contributed by atoms with Crippen molar-refractivity contribution in [1.82, 2.24) is 5.32 Å². The van der Waals surface area contributed by atoms with Crippen LogP contribution in [0.2, 0.25) is 0 Å². The van der Waals surface area contributed by atoms with Crippen LogP contribution < -0.4 is 5.32 Å². The van der Waals surface area contributed by atoms with E-state index < -0.39 is 6.10 Å². The second-order valence-electron chi connectivity index (χ2n) is 8.23. The van der Waals surface area contributed by atoms with Gasteiger partial charge in [-0.2, -0.15) is 0 Å². The number of hydrogen-bond donors (Lipinski definition) is 4. The zero-order valence-corrected chi connectivity index (χ0v) is 18.7. The highest BCUT2D eigenvalue weighted by molar-refractivity contribution is 5.82. The number of benzene rings is 3. The van der Waals surface area contributed by atoms with Gasteiger partial charge in [-0.1, -0.05) is 61.4 Å². The summed E-state index contributed by atoms with van der Waals surface area (Å²) >= 11 is 0. The van der Waals surface area contributed by atoms with Gasteiger partial charge in [-0.05, 0) is 59.8 Å². The van der Waals surface area contributed by atoms with Crippen molar-refractivity contribution in [3.8, 4) is 5.75 Å². The van der Waals surface area contributed by atoms with Crippen LogP contribution in [-0.2, 0) is 17.8 Å². The molecule has 0 saturated carbocycles. The molecule has 3 aromatic carbocycles. The van der Waals surface area contributed by atoms with Gasteiger partial charge in [0, 0.05) is 18.7 Å². The summed E-state index contributed by atoms with van der Waals surface area (Å²) in [5.74, 6) is 0.0529. The maximum absolute atomic E-state index is 10.3. The molecule has 5 heteroatoms. The fourth-order valence-corrected chi connectivity index (χ4v) is 3.81. The average molecular weight is 438 g/mol. The molecular formula is C27H35NO4. The van der Waals surface area contributed by atoms with Crippen molar-refractivity contribution in [3.63, 3.8) is 0 Å². The minimum atomic E-state index is -0.794. The van der Waals surface area contributed by atoms with Crippen LogP contribution in [0, 0.1) is 0 Å². The molecule has 0 aromatic heterocycles. The van der Waals surface area contributed by atoms with E-state index in [1.54, 1.807) is 12.1 Å². The summed E-state index contributed by atoms with van der Waals surface area (Å²) in [4.78, 5) is 0. The van der Waals surface area contributed by atoms with E-state index in [2.05, 4.69) is 47.8 Å². The number of phenols is 1. The Balaban J connectivity index is 1.19. The molecule has 0 aliphatic heterocycles. The Bertz CT molecular complexity index is 959. The van der Waals surface area contributed by atoms with Crippen LogP contribution in [0.5, 0.6) is 5.75 Å². The summed E-state index contributed by atoms with van der Waals surface area (Å²) < 4.78 is 5.80. The highest BCUT2D eigenvalue weighted by Gasteiger charge is 2.12. The van der Waals surface area contributed by atoms with Gasteiger partial charge in [0.15, 0.2) is 0 Å². The minimum Gasteiger partial charge on any atom is -0.508 e. The molecule has 0 aliphatic carbocycles. The van der Waals surface area contributed by atoms with Gasteiger partial charge in [-0.15, -0.1) is 0 Å². The summed E-state index contributed by atoms with van der Waals surface area (Å²) in [6.07, 6.45) is 4.47. The van der Waals surface area contributed by atoms with E-state index in [9.17, 15) is 15.3 Å². The van der Waals surface area contributed by atoms with E-state index in [4.69, 9.17) is 4.74 Å². The van der Waals surface area contributed by atoms with E-state index in [1.807, 2.05) is 0 Å². The van der Waals surface area contributed by atoms with Crippen LogP contribution in [0.4, 0.5) is 0 Å². The smallest absolute Gasteiger partial charge is 0.121 e. The first-order valence-corrected chi connectivity index (χ1v) is 11.5. The number of aliphatic hydroxyl groups excluding tert-OH is 2. The monoisotopic (exact) mass is 437 g/mol. The third-order valence-electron chi connectivity index (χ3n) is 5.71. The number of ether oxygens (including phenoxy) is 1. The van der Waals surface area contributed by atoms with Gasteiger partial charge in [-0.3, -0.25) is 0 Å². The topological polar surface area (TPSA) is 82.0 Å². The summed E-state index contributed by atoms with van der Waals surface area (Å²) in [5.41, 5.74) is 2.44. The first-order chi connectivity index (χ1) is 15.7. The number of aliphatic hydroxyl groups is 2. The number of nitrogens with one attached hydrogen (secondary N) is 1. The van der Waals surface area contributed by atoms with E-state index >= 15 is 0 Å². The molecule has 1 unspecified atom stereocenters. The summed E-state index contributed by atoms with van der Waals surface area (Å²) in [6.45, 7) is 2.63. The van der Waals surface area contributed by atoms with Crippen molar-refractivity contribution in [1.29, 1.82) is 0 Å². The highest BCUT2D eigenvalue weighted by atomic mass is 16.5. The van der Waals surface area contributed by atoms with Crippen molar-refractivity contribution >= 4 is 10.8 Å². The summed E-state index contributed by atoms with van der Waals surface area (Å²) in [7, 11) is 0. The number of fused-ring (bicyclic) bond motifs is 1. The normalized spacial score (nSPS) is 12.3. The Labute approximate surface area is 190 Å². The number of phenolic OH excluding ortho intramolecular Hbond substituents is 1. The number of rotatable bonds is 14. The second-order valence-corrected chi connectivity index (χ2v) is 8.23. The van der Waals surface area contributed by atoms with E-state index in [0.717, 1.165) is 51.9 Å². The van der Waals surface area contributed by atoms with Gasteiger partial charge < -0.3 is 25.4 Å². The third kappa shape index (κ3) is 7.61. The molecule has 0 bridgehead atoms. The molecule has 1 atom stereocenters. The third-order valence-corrected chi connectivity index (χ3v) is 5.71. The zero-order chi connectivity index (χ0) is 22.6. The lowest BCUT2D eigenvalue weighted by atomic mass is 10.0. The molecule has 0 heterocycles. The van der Waals surface area contributed by atoms with Crippen molar-refractivity contribution in [2.75, 3.05) is 26.3 Å². The van der Waals surface area contributed by atoms with E-state index in [-0.39, 0.29) is 12.4 Å². The number of unbranched alkanes of at least 4 members (excludes halogenated alkanes) is 3. The molecule has 4 N–H and O–H groups in total. The fourth-order valence-electron chi connectivity index (χ4n) is 3.81. The molecule has 0 radical (unpaired) electrons. The lowest BCUT2D eigenvalue weighted by molar-refractivity contribution is 0.133. The van der Waals surface area contributed by atoms with E-state index in [0.29, 0.717) is 17.7 Å².